The molecule has 4 rings (SSSR count). The Labute approximate surface area is 159 Å². The molecule has 2 aromatic carbocycles. The molecule has 1 aliphatic carbocycles. The molecular weight excluding hydrogens is 334 g/mol. The van der Waals surface area contributed by atoms with Gasteiger partial charge in [-0.3, -0.25) is 4.79 Å². The van der Waals surface area contributed by atoms with Crippen LogP contribution >= 0.6 is 0 Å². The van der Waals surface area contributed by atoms with Crippen LogP contribution in [0.5, 0.6) is 0 Å². The summed E-state index contributed by atoms with van der Waals surface area (Å²) in [7, 11) is 0. The Morgan fingerprint density at radius 2 is 2.15 bits per heavy atom. The van der Waals surface area contributed by atoms with Crippen molar-refractivity contribution in [3.8, 4) is 0 Å². The van der Waals surface area contributed by atoms with Crippen molar-refractivity contribution >= 4 is 22.9 Å². The summed E-state index contributed by atoms with van der Waals surface area (Å²) in [6.07, 6.45) is 9.78. The first kappa shape index (κ1) is 17.6. The summed E-state index contributed by atoms with van der Waals surface area (Å²) >= 11 is 0. The van der Waals surface area contributed by atoms with E-state index >= 15 is 0 Å². The van der Waals surface area contributed by atoms with E-state index in [1.54, 1.807) is 6.08 Å². The smallest absolute Gasteiger partial charge is 0.241 e. The van der Waals surface area contributed by atoms with Gasteiger partial charge in [0.05, 0.1) is 0 Å². The van der Waals surface area contributed by atoms with Crippen LogP contribution in [-0.4, -0.2) is 17.4 Å². The van der Waals surface area contributed by atoms with Crippen LogP contribution in [0.2, 0.25) is 0 Å². The van der Waals surface area contributed by atoms with E-state index in [9.17, 15) is 4.79 Å². The predicted molar refractivity (Wildman–Crippen MR) is 110 cm³/mol. The van der Waals surface area contributed by atoms with Crippen molar-refractivity contribution in [1.29, 1.82) is 0 Å². The van der Waals surface area contributed by atoms with Crippen LogP contribution in [0.15, 0.2) is 54.7 Å². The zero-order chi connectivity index (χ0) is 18.6. The highest BCUT2D eigenvalue weighted by atomic mass is 16.1. The fourth-order valence-corrected chi connectivity index (χ4v) is 4.05. The Balaban J connectivity index is 1.43. The molecule has 4 nitrogen and oxygen atoms in total. The van der Waals surface area contributed by atoms with E-state index in [2.05, 4.69) is 59.0 Å². The van der Waals surface area contributed by atoms with Gasteiger partial charge in [0, 0.05) is 29.2 Å². The molecular formula is C23H25N3O. The lowest BCUT2D eigenvalue weighted by atomic mass is 9.86. The third kappa shape index (κ3) is 3.96. The number of aromatic nitrogens is 1. The number of aromatic amines is 1. The number of nitrogens with two attached hydrogens (primary N) is 1. The van der Waals surface area contributed by atoms with Gasteiger partial charge in [-0.15, -0.1) is 0 Å². The number of benzene rings is 2. The summed E-state index contributed by atoms with van der Waals surface area (Å²) < 4.78 is 0. The predicted octanol–water partition coefficient (Wildman–Crippen LogP) is 3.88. The molecule has 1 aliphatic rings. The summed E-state index contributed by atoms with van der Waals surface area (Å²) in [5.74, 6) is -0.412. The second-order valence-corrected chi connectivity index (χ2v) is 7.20. The number of primary amides is 1. The average Bonchev–Trinajstić information content (AvgIpc) is 3.09. The van der Waals surface area contributed by atoms with E-state index in [-0.39, 0.29) is 0 Å². The number of amides is 1. The van der Waals surface area contributed by atoms with Crippen molar-refractivity contribution in [1.82, 2.24) is 10.3 Å². The van der Waals surface area contributed by atoms with Crippen molar-refractivity contribution in [2.45, 2.75) is 31.7 Å². The van der Waals surface area contributed by atoms with Gasteiger partial charge in [0.2, 0.25) is 5.91 Å². The van der Waals surface area contributed by atoms with Crippen LogP contribution in [0.3, 0.4) is 0 Å². The average molecular weight is 359 g/mol. The summed E-state index contributed by atoms with van der Waals surface area (Å²) in [6, 6.07) is 15.3. The van der Waals surface area contributed by atoms with Gasteiger partial charge in [0.1, 0.15) is 0 Å². The summed E-state index contributed by atoms with van der Waals surface area (Å²) in [5, 5.41) is 5.06. The zero-order valence-electron chi connectivity index (χ0n) is 15.4. The molecule has 0 saturated heterocycles. The number of aryl methyl sites for hydroxylation is 1. The Hall–Kier alpha value is -2.85. The monoisotopic (exact) mass is 359 g/mol. The van der Waals surface area contributed by atoms with Gasteiger partial charge < -0.3 is 16.0 Å². The van der Waals surface area contributed by atoms with E-state index in [1.165, 1.54) is 40.1 Å². The Bertz CT molecular complexity index is 986. The first-order valence-corrected chi connectivity index (χ1v) is 9.59. The number of rotatable bonds is 6. The molecule has 4 N–H and O–H groups in total. The quantitative estimate of drug-likeness (QED) is 0.585. The van der Waals surface area contributed by atoms with Crippen LogP contribution in [0, 0.1) is 0 Å². The number of hydrogen-bond acceptors (Lipinski definition) is 2. The van der Waals surface area contributed by atoms with Crippen LogP contribution in [-0.2, 0) is 17.6 Å². The maximum absolute atomic E-state index is 10.9. The number of hydrogen-bond donors (Lipinski definition) is 3. The van der Waals surface area contributed by atoms with Gasteiger partial charge in [-0.2, -0.15) is 0 Å². The lowest BCUT2D eigenvalue weighted by Crippen LogP contribution is -2.27. The van der Waals surface area contributed by atoms with Gasteiger partial charge in [0.15, 0.2) is 0 Å². The third-order valence-corrected chi connectivity index (χ3v) is 5.38. The minimum Gasteiger partial charge on any atom is -0.366 e. The standard InChI is InChI=1S/C23H25N3O/c24-23(27)11-9-16-8-10-20-17(14-16)4-3-7-21(20)25-13-12-18-15-26-22-6-2-1-5-19(18)22/h1-2,5-6,8-11,14-15,21,25-26H,3-4,7,12-13H2,(H2,24,27)/b11-9+. The maximum Gasteiger partial charge on any atom is 0.241 e. The molecule has 0 aliphatic heterocycles. The van der Waals surface area contributed by atoms with Gasteiger partial charge in [-0.25, -0.2) is 0 Å². The lowest BCUT2D eigenvalue weighted by Gasteiger charge is -2.27. The summed E-state index contributed by atoms with van der Waals surface area (Å²) in [5.41, 5.74) is 11.5. The molecule has 0 saturated carbocycles. The minimum atomic E-state index is -0.412. The second kappa shape index (κ2) is 7.80. The molecule has 0 radical (unpaired) electrons. The molecule has 27 heavy (non-hydrogen) atoms. The van der Waals surface area contributed by atoms with Crippen LogP contribution < -0.4 is 11.1 Å². The van der Waals surface area contributed by atoms with E-state index in [4.69, 9.17) is 5.73 Å². The van der Waals surface area contributed by atoms with Crippen molar-refractivity contribution in [2.24, 2.45) is 5.73 Å². The molecule has 4 heteroatoms. The van der Waals surface area contributed by atoms with Crippen LogP contribution in [0.1, 0.15) is 41.1 Å². The molecule has 1 heterocycles. The maximum atomic E-state index is 10.9. The Morgan fingerprint density at radius 1 is 1.26 bits per heavy atom. The van der Waals surface area contributed by atoms with E-state index in [0.717, 1.165) is 31.4 Å². The Morgan fingerprint density at radius 3 is 3.04 bits per heavy atom. The van der Waals surface area contributed by atoms with Crippen LogP contribution in [0.4, 0.5) is 0 Å². The minimum absolute atomic E-state index is 0.396. The van der Waals surface area contributed by atoms with E-state index in [1.807, 2.05) is 0 Å². The number of fused-ring (bicyclic) bond motifs is 2. The van der Waals surface area contributed by atoms with E-state index < -0.39 is 5.91 Å². The topological polar surface area (TPSA) is 70.9 Å². The SMILES string of the molecule is NC(=O)/C=C/c1ccc2c(c1)CCCC2NCCc1c[nH]c2ccccc12. The normalized spacial score (nSPS) is 16.7. The molecule has 3 aromatic rings. The lowest BCUT2D eigenvalue weighted by molar-refractivity contribution is -0.113. The number of carbonyl (C=O) groups excluding carboxylic acids is 1. The van der Waals surface area contributed by atoms with Crippen molar-refractivity contribution in [3.05, 3.63) is 77.0 Å². The molecule has 0 spiro atoms. The Kier molecular flexibility index (Phi) is 5.07. The summed E-state index contributed by atoms with van der Waals surface area (Å²) in [4.78, 5) is 14.3. The van der Waals surface area contributed by atoms with Crippen molar-refractivity contribution in [3.63, 3.8) is 0 Å². The second-order valence-electron chi connectivity index (χ2n) is 7.20. The first-order chi connectivity index (χ1) is 13.2. The number of H-pyrrole nitrogens is 1. The van der Waals surface area contributed by atoms with Crippen molar-refractivity contribution in [2.75, 3.05) is 6.54 Å². The highest BCUT2D eigenvalue weighted by Gasteiger charge is 2.19. The first-order valence-electron chi connectivity index (χ1n) is 9.59. The number of para-hydroxylation sites is 1. The van der Waals surface area contributed by atoms with Gasteiger partial charge in [-0.05, 0) is 66.6 Å². The van der Waals surface area contributed by atoms with Crippen molar-refractivity contribution < 1.29 is 4.79 Å². The molecule has 1 amide bonds. The fraction of sp³-hybridized carbons (Fsp3) is 0.261. The molecule has 1 unspecified atom stereocenters. The molecule has 138 valence electrons. The highest BCUT2D eigenvalue weighted by Crippen LogP contribution is 2.30. The molecule has 1 aromatic heterocycles. The van der Waals surface area contributed by atoms with Gasteiger partial charge in [-0.1, -0.05) is 36.4 Å². The largest absolute Gasteiger partial charge is 0.366 e. The summed E-state index contributed by atoms with van der Waals surface area (Å²) in [6.45, 7) is 0.954. The fourth-order valence-electron chi connectivity index (χ4n) is 4.05. The highest BCUT2D eigenvalue weighted by molar-refractivity contribution is 5.90. The third-order valence-electron chi connectivity index (χ3n) is 5.38. The number of nitrogens with one attached hydrogen (secondary N) is 2. The number of carbonyl (C=O) groups is 1. The zero-order valence-corrected chi connectivity index (χ0v) is 15.4. The molecule has 1 atom stereocenters. The van der Waals surface area contributed by atoms with E-state index in [0.29, 0.717) is 6.04 Å². The van der Waals surface area contributed by atoms with Crippen LogP contribution in [0.25, 0.3) is 17.0 Å². The molecule has 0 bridgehead atoms. The molecule has 0 fully saturated rings. The van der Waals surface area contributed by atoms with Gasteiger partial charge in [0.25, 0.3) is 0 Å². The van der Waals surface area contributed by atoms with Gasteiger partial charge >= 0.3 is 0 Å².